The number of benzene rings is 1. The number of alkyl halides is 4. The van der Waals surface area contributed by atoms with Gasteiger partial charge in [-0.15, -0.1) is 0 Å². The fraction of sp³-hybridized carbons (Fsp3) is 0.471. The summed E-state index contributed by atoms with van der Waals surface area (Å²) in [7, 11) is 1.09. The zero-order chi connectivity index (χ0) is 22.4. The molecule has 0 saturated carbocycles. The van der Waals surface area contributed by atoms with Crippen molar-refractivity contribution in [3.63, 3.8) is 0 Å². The number of likely N-dealkylation sites (N-methyl/N-ethyl adjacent to an activating group) is 1. The Hall–Kier alpha value is -2.93. The minimum absolute atomic E-state index is 0.180. The first-order chi connectivity index (χ1) is 14.1. The van der Waals surface area contributed by atoms with Gasteiger partial charge in [0.05, 0.1) is 18.8 Å². The topological polar surface area (TPSA) is 114 Å². The highest BCUT2D eigenvalue weighted by Crippen LogP contribution is 2.32. The summed E-state index contributed by atoms with van der Waals surface area (Å²) in [5.41, 5.74) is 5.09. The Morgan fingerprint density at radius 3 is 2.60 bits per heavy atom. The molecule has 1 heterocycles. The molecule has 0 bridgehead atoms. The summed E-state index contributed by atoms with van der Waals surface area (Å²) in [5, 5.41) is 2.18. The van der Waals surface area contributed by atoms with Gasteiger partial charge in [-0.05, 0) is 19.2 Å². The number of ether oxygens (including phenoxy) is 2. The molecule has 13 heteroatoms. The number of nitrogens with two attached hydrogens (primary N) is 1. The molecular formula is C17H20F4N4O5. The molecule has 1 aliphatic rings. The molecular weight excluding hydrogens is 416 g/mol. The summed E-state index contributed by atoms with van der Waals surface area (Å²) in [6, 6.07) is 1.87. The summed E-state index contributed by atoms with van der Waals surface area (Å²) in [6.07, 6.45) is -2.84. The summed E-state index contributed by atoms with van der Waals surface area (Å²) < 4.78 is 60.3. The average molecular weight is 436 g/mol. The van der Waals surface area contributed by atoms with Gasteiger partial charge >= 0.3 is 6.61 Å². The standard InChI is InChI=1S/C17H20F4N4O5/c1-24(7-12(18)19)14(15(22)27)16(28)23-10-3-2-9(6-11(10)30-17(20)21)25-4-5-29-8-13(25)26/h2-3,6,12,14,17H,4-5,7-8H2,1H3,(H2,22,27)(H,23,28)/t14-/m0/s1. The number of anilines is 2. The maximum Gasteiger partial charge on any atom is 0.387 e. The monoisotopic (exact) mass is 436 g/mol. The van der Waals surface area contributed by atoms with E-state index in [2.05, 4.69) is 10.1 Å². The van der Waals surface area contributed by atoms with Crippen molar-refractivity contribution in [1.82, 2.24) is 4.90 Å². The van der Waals surface area contributed by atoms with Gasteiger partial charge in [0.2, 0.25) is 5.91 Å². The first kappa shape index (κ1) is 23.3. The second-order valence-electron chi connectivity index (χ2n) is 6.28. The smallest absolute Gasteiger partial charge is 0.387 e. The second kappa shape index (κ2) is 10.2. The van der Waals surface area contributed by atoms with Crippen LogP contribution in [0.1, 0.15) is 0 Å². The van der Waals surface area contributed by atoms with Crippen LogP contribution in [0.15, 0.2) is 18.2 Å². The predicted molar refractivity (Wildman–Crippen MR) is 96.5 cm³/mol. The van der Waals surface area contributed by atoms with Crippen molar-refractivity contribution in [1.29, 1.82) is 0 Å². The highest BCUT2D eigenvalue weighted by atomic mass is 19.3. The zero-order valence-electron chi connectivity index (χ0n) is 15.8. The van der Waals surface area contributed by atoms with Gasteiger partial charge in [-0.25, -0.2) is 8.78 Å². The van der Waals surface area contributed by atoms with Crippen molar-refractivity contribution < 1.29 is 41.4 Å². The highest BCUT2D eigenvalue weighted by Gasteiger charge is 2.31. The minimum atomic E-state index is -3.26. The molecule has 1 atom stereocenters. The average Bonchev–Trinajstić information content (AvgIpc) is 2.62. The van der Waals surface area contributed by atoms with Gasteiger partial charge in [-0.2, -0.15) is 8.78 Å². The number of amides is 3. The van der Waals surface area contributed by atoms with Gasteiger partial charge < -0.3 is 25.4 Å². The van der Waals surface area contributed by atoms with Crippen LogP contribution in [0.3, 0.4) is 0 Å². The van der Waals surface area contributed by atoms with Crippen LogP contribution in [0, 0.1) is 0 Å². The van der Waals surface area contributed by atoms with Gasteiger partial charge in [0.15, 0.2) is 11.8 Å². The number of halogens is 4. The maximum atomic E-state index is 12.8. The molecule has 30 heavy (non-hydrogen) atoms. The van der Waals surface area contributed by atoms with Crippen LogP contribution in [0.4, 0.5) is 28.9 Å². The van der Waals surface area contributed by atoms with Gasteiger partial charge in [-0.1, -0.05) is 0 Å². The molecule has 0 unspecified atom stereocenters. The molecule has 1 aromatic rings. The van der Waals surface area contributed by atoms with Crippen molar-refractivity contribution in [2.45, 2.75) is 19.1 Å². The number of carbonyl (C=O) groups is 3. The number of hydrogen-bond acceptors (Lipinski definition) is 6. The van der Waals surface area contributed by atoms with E-state index < -0.39 is 49.1 Å². The van der Waals surface area contributed by atoms with E-state index in [4.69, 9.17) is 10.5 Å². The van der Waals surface area contributed by atoms with Crippen LogP contribution in [0.25, 0.3) is 0 Å². The van der Waals surface area contributed by atoms with Crippen LogP contribution in [-0.4, -0.2) is 75.1 Å². The van der Waals surface area contributed by atoms with Crippen LogP contribution in [0.5, 0.6) is 5.75 Å². The molecule has 1 fully saturated rings. The zero-order valence-corrected chi connectivity index (χ0v) is 15.8. The summed E-state index contributed by atoms with van der Waals surface area (Å²) in [4.78, 5) is 38.0. The largest absolute Gasteiger partial charge is 0.433 e. The predicted octanol–water partition coefficient (Wildman–Crippen LogP) is 0.640. The third-order valence-electron chi connectivity index (χ3n) is 4.12. The second-order valence-corrected chi connectivity index (χ2v) is 6.28. The van der Waals surface area contributed by atoms with Crippen LogP contribution in [-0.2, 0) is 19.1 Å². The lowest BCUT2D eigenvalue weighted by Gasteiger charge is -2.28. The van der Waals surface area contributed by atoms with Gasteiger partial charge in [0, 0.05) is 18.3 Å². The minimum Gasteiger partial charge on any atom is -0.433 e. The molecule has 1 saturated heterocycles. The van der Waals surface area contributed by atoms with E-state index in [1.807, 2.05) is 0 Å². The fourth-order valence-electron chi connectivity index (χ4n) is 2.84. The van der Waals surface area contributed by atoms with Gasteiger partial charge in [0.1, 0.15) is 6.61 Å². The quantitative estimate of drug-likeness (QED) is 0.434. The maximum absolute atomic E-state index is 12.8. The number of nitrogens with one attached hydrogen (secondary N) is 1. The van der Waals surface area contributed by atoms with E-state index in [-0.39, 0.29) is 31.1 Å². The lowest BCUT2D eigenvalue weighted by Crippen LogP contribution is -2.51. The van der Waals surface area contributed by atoms with Gasteiger partial charge in [-0.3, -0.25) is 19.3 Å². The molecule has 0 radical (unpaired) electrons. The lowest BCUT2D eigenvalue weighted by molar-refractivity contribution is -0.132. The molecule has 1 aliphatic heterocycles. The van der Waals surface area contributed by atoms with E-state index in [9.17, 15) is 31.9 Å². The third kappa shape index (κ3) is 6.03. The van der Waals surface area contributed by atoms with Crippen LogP contribution >= 0.6 is 0 Å². The Balaban J connectivity index is 2.29. The number of nitrogens with zero attached hydrogens (tertiary/aromatic N) is 2. The highest BCUT2D eigenvalue weighted by molar-refractivity contribution is 6.10. The summed E-state index contributed by atoms with van der Waals surface area (Å²) in [5.74, 6) is -3.21. The van der Waals surface area contributed by atoms with Crippen LogP contribution in [0.2, 0.25) is 0 Å². The molecule has 3 N–H and O–H groups in total. The normalized spacial score (nSPS) is 15.6. The Morgan fingerprint density at radius 1 is 1.33 bits per heavy atom. The number of primary amides is 1. The van der Waals surface area contributed by atoms with E-state index >= 15 is 0 Å². The Bertz CT molecular complexity index is 795. The third-order valence-corrected chi connectivity index (χ3v) is 4.12. The molecule has 0 spiro atoms. The first-order valence-electron chi connectivity index (χ1n) is 8.65. The van der Waals surface area contributed by atoms with Crippen molar-refractivity contribution >= 4 is 29.1 Å². The molecule has 1 aromatic carbocycles. The van der Waals surface area contributed by atoms with Crippen molar-refractivity contribution in [3.05, 3.63) is 18.2 Å². The molecule has 2 rings (SSSR count). The summed E-state index contributed by atoms with van der Waals surface area (Å²) >= 11 is 0. The molecule has 0 aromatic heterocycles. The SMILES string of the molecule is CN(CC(F)F)[C@@H](C(N)=O)C(=O)Nc1ccc(N2CCOCC2=O)cc1OC(F)F. The first-order valence-corrected chi connectivity index (χ1v) is 8.65. The summed E-state index contributed by atoms with van der Waals surface area (Å²) in [6.45, 7) is -3.93. The van der Waals surface area contributed by atoms with Crippen molar-refractivity contribution in [3.8, 4) is 5.75 Å². The molecule has 9 nitrogen and oxygen atoms in total. The lowest BCUT2D eigenvalue weighted by atomic mass is 10.2. The van der Waals surface area contributed by atoms with E-state index in [0.717, 1.165) is 18.0 Å². The van der Waals surface area contributed by atoms with E-state index in [1.165, 1.54) is 17.0 Å². The Morgan fingerprint density at radius 2 is 2.03 bits per heavy atom. The van der Waals surface area contributed by atoms with Crippen molar-refractivity contribution in [2.75, 3.05) is 43.6 Å². The number of carbonyl (C=O) groups excluding carboxylic acids is 3. The van der Waals surface area contributed by atoms with Gasteiger partial charge in [0.25, 0.3) is 18.2 Å². The molecule has 0 aliphatic carbocycles. The molecule has 166 valence electrons. The number of rotatable bonds is 9. The number of morpholine rings is 1. The van der Waals surface area contributed by atoms with E-state index in [0.29, 0.717) is 0 Å². The molecule has 3 amide bonds. The Kier molecular flexibility index (Phi) is 7.94. The fourth-order valence-corrected chi connectivity index (χ4v) is 2.84. The van der Waals surface area contributed by atoms with Crippen LogP contribution < -0.4 is 20.7 Å². The number of hydrogen-bond donors (Lipinski definition) is 2. The van der Waals surface area contributed by atoms with E-state index in [1.54, 1.807) is 0 Å². The Labute approximate surface area is 168 Å². The van der Waals surface area contributed by atoms with Crippen molar-refractivity contribution in [2.24, 2.45) is 5.73 Å².